The lowest BCUT2D eigenvalue weighted by atomic mass is 10.1. The Morgan fingerprint density at radius 1 is 1.07 bits per heavy atom. The minimum absolute atomic E-state index is 0. The number of sulfonamides is 1. The van der Waals surface area contributed by atoms with Gasteiger partial charge in [-0.3, -0.25) is 0 Å². The van der Waals surface area contributed by atoms with E-state index in [2.05, 4.69) is 20.3 Å². The fraction of sp³-hybridized carbons (Fsp3) is 0.316. The van der Waals surface area contributed by atoms with Gasteiger partial charge in [0.15, 0.2) is 5.96 Å². The van der Waals surface area contributed by atoms with Crippen molar-refractivity contribution in [2.24, 2.45) is 4.99 Å². The molecule has 3 N–H and O–H groups in total. The molecule has 2 aromatic carbocycles. The maximum Gasteiger partial charge on any atom is 0.215 e. The molecule has 0 fully saturated rings. The van der Waals surface area contributed by atoms with E-state index in [4.69, 9.17) is 0 Å². The first-order valence-corrected chi connectivity index (χ1v) is 10.4. The molecule has 0 aromatic heterocycles. The topological polar surface area (TPSA) is 82.6 Å². The third-order valence-electron chi connectivity index (χ3n) is 3.88. The second-order valence-corrected chi connectivity index (χ2v) is 7.99. The minimum Gasteiger partial charge on any atom is -0.357 e. The minimum atomic E-state index is -3.35. The van der Waals surface area contributed by atoms with Gasteiger partial charge < -0.3 is 10.6 Å². The number of benzene rings is 2. The van der Waals surface area contributed by atoms with Gasteiger partial charge in [0.2, 0.25) is 10.0 Å². The van der Waals surface area contributed by atoms with Crippen LogP contribution < -0.4 is 15.4 Å². The van der Waals surface area contributed by atoms with Crippen molar-refractivity contribution in [2.75, 3.05) is 13.6 Å². The zero-order valence-electron chi connectivity index (χ0n) is 16.2. The van der Waals surface area contributed by atoms with Crippen molar-refractivity contribution >= 4 is 40.0 Å². The van der Waals surface area contributed by atoms with Gasteiger partial charge in [-0.05, 0) is 43.3 Å². The van der Waals surface area contributed by atoms with Crippen molar-refractivity contribution in [3.63, 3.8) is 0 Å². The molecule has 6 nitrogen and oxygen atoms in total. The molecule has 0 saturated heterocycles. The van der Waals surface area contributed by atoms with E-state index in [1.165, 1.54) is 7.05 Å². The molecule has 160 valence electrons. The van der Waals surface area contributed by atoms with Crippen LogP contribution in [0.25, 0.3) is 0 Å². The van der Waals surface area contributed by atoms with Crippen LogP contribution in [0.2, 0.25) is 0 Å². The molecule has 0 unspecified atom stereocenters. The molecule has 29 heavy (non-hydrogen) atoms. The number of hydrogen-bond donors (Lipinski definition) is 3. The lowest BCUT2D eigenvalue weighted by Gasteiger charge is -2.12. The predicted octanol–water partition coefficient (Wildman–Crippen LogP) is 2.89. The Kier molecular flexibility index (Phi) is 10.5. The van der Waals surface area contributed by atoms with Crippen molar-refractivity contribution in [3.05, 3.63) is 70.8 Å². The fourth-order valence-electron chi connectivity index (χ4n) is 2.48. The van der Waals surface area contributed by atoms with Crippen LogP contribution in [0.3, 0.4) is 0 Å². The lowest BCUT2D eigenvalue weighted by molar-refractivity contribution is 0.581. The Balaban J connectivity index is 0.00000420. The molecule has 0 aliphatic rings. The van der Waals surface area contributed by atoms with E-state index in [0.29, 0.717) is 24.6 Å². The molecule has 0 amide bonds. The highest BCUT2D eigenvalue weighted by Crippen LogP contribution is 2.11. The zero-order chi connectivity index (χ0) is 20.6. The molecule has 0 aliphatic carbocycles. The second-order valence-electron chi connectivity index (χ2n) is 6.07. The summed E-state index contributed by atoms with van der Waals surface area (Å²) in [5.74, 6) is -0.672. The first-order valence-electron chi connectivity index (χ1n) is 8.78. The van der Waals surface area contributed by atoms with Gasteiger partial charge >= 0.3 is 0 Å². The van der Waals surface area contributed by atoms with Gasteiger partial charge in [-0.1, -0.05) is 24.3 Å². The van der Waals surface area contributed by atoms with Gasteiger partial charge in [0.1, 0.15) is 11.6 Å². The number of guanidine groups is 1. The van der Waals surface area contributed by atoms with Crippen molar-refractivity contribution in [3.8, 4) is 0 Å². The van der Waals surface area contributed by atoms with E-state index < -0.39 is 21.7 Å². The monoisotopic (exact) mass is 538 g/mol. The third-order valence-corrected chi connectivity index (χ3v) is 5.21. The summed E-state index contributed by atoms with van der Waals surface area (Å²) in [5.41, 5.74) is 1.68. The molecule has 2 aromatic rings. The molecule has 0 aliphatic heterocycles. The average molecular weight is 538 g/mol. The van der Waals surface area contributed by atoms with E-state index in [9.17, 15) is 17.2 Å². The fourth-order valence-corrected chi connectivity index (χ4v) is 3.24. The van der Waals surface area contributed by atoms with Gasteiger partial charge in [0, 0.05) is 18.7 Å². The number of nitrogens with zero attached hydrogens (tertiary/aromatic N) is 1. The molecule has 0 atom stereocenters. The molecule has 0 radical (unpaired) electrons. The Morgan fingerprint density at radius 2 is 1.79 bits per heavy atom. The average Bonchev–Trinajstić information content (AvgIpc) is 2.66. The van der Waals surface area contributed by atoms with Gasteiger partial charge in [-0.15, -0.1) is 24.0 Å². The SMILES string of the molecule is CCNC(=NCc1cccc(CS(=O)(=O)NC)c1)NCc1cc(F)ccc1F.I. The summed E-state index contributed by atoms with van der Waals surface area (Å²) >= 11 is 0. The molecule has 0 bridgehead atoms. The summed E-state index contributed by atoms with van der Waals surface area (Å²) in [6.07, 6.45) is 0. The van der Waals surface area contributed by atoms with Crippen LogP contribution in [-0.2, 0) is 28.9 Å². The first kappa shape index (κ1) is 25.2. The molecule has 0 heterocycles. The van der Waals surface area contributed by atoms with Crippen molar-refractivity contribution < 1.29 is 17.2 Å². The summed E-state index contributed by atoms with van der Waals surface area (Å²) < 4.78 is 52.7. The Bertz CT molecular complexity index is 940. The highest BCUT2D eigenvalue weighted by molar-refractivity contribution is 14.0. The lowest BCUT2D eigenvalue weighted by Crippen LogP contribution is -2.37. The summed E-state index contributed by atoms with van der Waals surface area (Å²) in [7, 11) is -1.98. The van der Waals surface area contributed by atoms with E-state index in [-0.39, 0.29) is 41.8 Å². The van der Waals surface area contributed by atoms with Crippen LogP contribution in [0.4, 0.5) is 8.78 Å². The third kappa shape index (κ3) is 8.62. The first-order chi connectivity index (χ1) is 13.3. The maximum absolute atomic E-state index is 13.7. The maximum atomic E-state index is 13.7. The number of hydrogen-bond acceptors (Lipinski definition) is 3. The molecule has 10 heteroatoms. The molecule has 2 rings (SSSR count). The summed E-state index contributed by atoms with van der Waals surface area (Å²) in [6, 6.07) is 10.4. The van der Waals surface area contributed by atoms with Gasteiger partial charge in [-0.2, -0.15) is 0 Å². The van der Waals surface area contributed by atoms with Crippen molar-refractivity contribution in [1.29, 1.82) is 0 Å². The second kappa shape index (κ2) is 12.0. The Hall–Kier alpha value is -1.79. The van der Waals surface area contributed by atoms with Gasteiger partial charge in [0.25, 0.3) is 0 Å². The molecule has 0 spiro atoms. The van der Waals surface area contributed by atoms with Crippen molar-refractivity contribution in [2.45, 2.75) is 25.8 Å². The number of halogens is 3. The smallest absolute Gasteiger partial charge is 0.215 e. The summed E-state index contributed by atoms with van der Waals surface area (Å²) in [5, 5.41) is 6.00. The quantitative estimate of drug-likeness (QED) is 0.275. The summed E-state index contributed by atoms with van der Waals surface area (Å²) in [4.78, 5) is 4.42. The van der Waals surface area contributed by atoms with Crippen LogP contribution in [0.1, 0.15) is 23.6 Å². The Labute approximate surface area is 187 Å². The largest absolute Gasteiger partial charge is 0.357 e. The predicted molar refractivity (Wildman–Crippen MR) is 122 cm³/mol. The number of rotatable bonds is 8. The normalized spacial score (nSPS) is 11.7. The highest BCUT2D eigenvalue weighted by Gasteiger charge is 2.09. The highest BCUT2D eigenvalue weighted by atomic mass is 127. The molecular weight excluding hydrogens is 513 g/mol. The Morgan fingerprint density at radius 3 is 2.48 bits per heavy atom. The van der Waals surface area contributed by atoms with Crippen LogP contribution in [0, 0.1) is 11.6 Å². The van der Waals surface area contributed by atoms with Crippen LogP contribution in [0.5, 0.6) is 0 Å². The van der Waals surface area contributed by atoms with E-state index in [1.807, 2.05) is 13.0 Å². The van der Waals surface area contributed by atoms with E-state index >= 15 is 0 Å². The van der Waals surface area contributed by atoms with Crippen LogP contribution in [-0.4, -0.2) is 28.0 Å². The van der Waals surface area contributed by atoms with Gasteiger partial charge in [0.05, 0.1) is 12.3 Å². The molecule has 0 saturated carbocycles. The molecular formula is C19H25F2IN4O2S. The summed E-state index contributed by atoms with van der Waals surface area (Å²) in [6.45, 7) is 2.87. The zero-order valence-corrected chi connectivity index (χ0v) is 19.4. The van der Waals surface area contributed by atoms with E-state index in [1.54, 1.807) is 18.2 Å². The van der Waals surface area contributed by atoms with Crippen LogP contribution in [0.15, 0.2) is 47.5 Å². The van der Waals surface area contributed by atoms with Gasteiger partial charge in [-0.25, -0.2) is 26.9 Å². The standard InChI is InChI=1S/C19H24F2N4O2S.HI/c1-3-23-19(25-12-16-10-17(20)7-8-18(16)21)24-11-14-5-4-6-15(9-14)13-28(26,27)22-2;/h4-10,22H,3,11-13H2,1-2H3,(H2,23,24,25);1H. The van der Waals surface area contributed by atoms with Crippen LogP contribution >= 0.6 is 24.0 Å². The van der Waals surface area contributed by atoms with E-state index in [0.717, 1.165) is 23.8 Å². The number of nitrogens with one attached hydrogen (secondary N) is 3. The van der Waals surface area contributed by atoms with Crippen molar-refractivity contribution in [1.82, 2.24) is 15.4 Å². The number of aliphatic imine (C=N–C) groups is 1.